The lowest BCUT2D eigenvalue weighted by atomic mass is 10.0. The van der Waals surface area contributed by atoms with E-state index in [1.165, 1.54) is 6.07 Å². The zero-order valence-electron chi connectivity index (χ0n) is 10.4. The Balaban J connectivity index is 2.27. The summed E-state index contributed by atoms with van der Waals surface area (Å²) in [5, 5.41) is 20.2. The molecule has 0 amide bonds. The third kappa shape index (κ3) is 3.64. The van der Waals surface area contributed by atoms with Crippen LogP contribution in [0, 0.1) is 0 Å². The number of rotatable bonds is 3. The molecule has 0 aliphatic carbocycles. The zero-order chi connectivity index (χ0) is 15.7. The highest BCUT2D eigenvalue weighted by Crippen LogP contribution is 2.40. The number of halogens is 5. The van der Waals surface area contributed by atoms with Gasteiger partial charge in [-0.2, -0.15) is 0 Å². The van der Waals surface area contributed by atoms with E-state index in [0.29, 0.717) is 23.4 Å². The molecule has 0 bridgehead atoms. The van der Waals surface area contributed by atoms with Gasteiger partial charge in [0.05, 0.1) is 20.1 Å². The molecule has 2 nitrogen and oxygen atoms in total. The maximum absolute atomic E-state index is 9.74. The van der Waals surface area contributed by atoms with Crippen molar-refractivity contribution < 1.29 is 10.2 Å². The van der Waals surface area contributed by atoms with E-state index in [-0.39, 0.29) is 31.6 Å². The zero-order valence-corrected chi connectivity index (χ0v) is 14.2. The highest BCUT2D eigenvalue weighted by Gasteiger charge is 2.15. The molecule has 0 aliphatic rings. The van der Waals surface area contributed by atoms with E-state index in [0.717, 1.165) is 5.56 Å². The number of phenols is 2. The summed E-state index contributed by atoms with van der Waals surface area (Å²) in [5.74, 6) is -0.346. The van der Waals surface area contributed by atoms with E-state index in [1.54, 1.807) is 12.1 Å². The molecule has 112 valence electrons. The Bertz CT molecular complexity index is 677. The highest BCUT2D eigenvalue weighted by atomic mass is 35.5. The van der Waals surface area contributed by atoms with Crippen LogP contribution in [0.25, 0.3) is 0 Å². The van der Waals surface area contributed by atoms with E-state index >= 15 is 0 Å². The molecular weight excluding hydrogens is 377 g/mol. The predicted molar refractivity (Wildman–Crippen MR) is 88.7 cm³/mol. The van der Waals surface area contributed by atoms with Crippen LogP contribution in [0.15, 0.2) is 18.2 Å². The maximum atomic E-state index is 9.74. The first-order chi connectivity index (χ1) is 9.81. The molecule has 0 fully saturated rings. The minimum Gasteiger partial charge on any atom is -0.505 e. The number of hydrogen-bond acceptors (Lipinski definition) is 2. The van der Waals surface area contributed by atoms with Crippen molar-refractivity contribution in [3.05, 3.63) is 54.4 Å². The summed E-state index contributed by atoms with van der Waals surface area (Å²) >= 11 is 29.7. The number of hydrogen-bond donors (Lipinski definition) is 2. The SMILES string of the molecule is Oc1c(Cl)cc(CCc2c(Cl)cc(Cl)c(O)c2Cl)cc1Cl. The van der Waals surface area contributed by atoms with Crippen LogP contribution in [-0.4, -0.2) is 10.2 Å². The van der Waals surface area contributed by atoms with E-state index in [1.807, 2.05) is 0 Å². The van der Waals surface area contributed by atoms with Crippen molar-refractivity contribution in [3.8, 4) is 11.5 Å². The summed E-state index contributed by atoms with van der Waals surface area (Å²) in [7, 11) is 0. The van der Waals surface area contributed by atoms with Crippen LogP contribution in [0.3, 0.4) is 0 Å². The first kappa shape index (κ1) is 16.9. The lowest BCUT2D eigenvalue weighted by molar-refractivity contribution is 0.475. The van der Waals surface area contributed by atoms with Gasteiger partial charge in [-0.15, -0.1) is 0 Å². The Kier molecular flexibility index (Phi) is 5.39. The summed E-state index contributed by atoms with van der Waals surface area (Å²) < 4.78 is 0. The third-order valence-electron chi connectivity index (χ3n) is 2.98. The Morgan fingerprint density at radius 1 is 0.667 bits per heavy atom. The molecule has 7 heteroatoms. The second-order valence-electron chi connectivity index (χ2n) is 4.39. The van der Waals surface area contributed by atoms with E-state index in [4.69, 9.17) is 58.0 Å². The van der Waals surface area contributed by atoms with Crippen molar-refractivity contribution in [2.45, 2.75) is 12.8 Å². The molecule has 0 radical (unpaired) electrons. The normalized spacial score (nSPS) is 10.9. The van der Waals surface area contributed by atoms with E-state index < -0.39 is 0 Å². The summed E-state index contributed by atoms with van der Waals surface area (Å²) in [5.41, 5.74) is 1.39. The minimum atomic E-state index is -0.195. The monoisotopic (exact) mass is 384 g/mol. The lowest BCUT2D eigenvalue weighted by Gasteiger charge is -2.11. The fourth-order valence-electron chi connectivity index (χ4n) is 1.88. The van der Waals surface area contributed by atoms with Crippen LogP contribution in [0.2, 0.25) is 25.1 Å². The van der Waals surface area contributed by atoms with Gasteiger partial charge in [-0.1, -0.05) is 58.0 Å². The average molecular weight is 386 g/mol. The predicted octanol–water partition coefficient (Wildman–Crippen LogP) is 6.15. The molecular formula is C14H9Cl5O2. The smallest absolute Gasteiger partial charge is 0.153 e. The number of aryl methyl sites for hydroxylation is 1. The topological polar surface area (TPSA) is 40.5 Å². The first-order valence-electron chi connectivity index (χ1n) is 5.83. The molecule has 2 rings (SSSR count). The van der Waals surface area contributed by atoms with Crippen molar-refractivity contribution in [2.75, 3.05) is 0 Å². The Morgan fingerprint density at radius 2 is 1.19 bits per heavy atom. The van der Waals surface area contributed by atoms with Crippen LogP contribution >= 0.6 is 58.0 Å². The number of aromatic hydroxyl groups is 2. The van der Waals surface area contributed by atoms with Gasteiger partial charge >= 0.3 is 0 Å². The van der Waals surface area contributed by atoms with Gasteiger partial charge in [-0.3, -0.25) is 0 Å². The third-order valence-corrected chi connectivity index (χ3v) is 4.59. The van der Waals surface area contributed by atoms with Crippen LogP contribution in [0.4, 0.5) is 0 Å². The van der Waals surface area contributed by atoms with Crippen LogP contribution < -0.4 is 0 Å². The van der Waals surface area contributed by atoms with Crippen LogP contribution in [0.5, 0.6) is 11.5 Å². The fourth-order valence-corrected chi connectivity index (χ4v) is 3.36. The van der Waals surface area contributed by atoms with Gasteiger partial charge < -0.3 is 10.2 Å². The summed E-state index contributed by atoms with van der Waals surface area (Å²) in [4.78, 5) is 0. The molecule has 0 spiro atoms. The second kappa shape index (κ2) is 6.72. The summed E-state index contributed by atoms with van der Waals surface area (Å²) in [6, 6.07) is 4.66. The van der Waals surface area contributed by atoms with Crippen molar-refractivity contribution in [3.63, 3.8) is 0 Å². The van der Waals surface area contributed by atoms with Gasteiger partial charge in [0.1, 0.15) is 0 Å². The van der Waals surface area contributed by atoms with Gasteiger partial charge in [0.15, 0.2) is 11.5 Å². The van der Waals surface area contributed by atoms with Crippen molar-refractivity contribution in [1.29, 1.82) is 0 Å². The first-order valence-corrected chi connectivity index (χ1v) is 7.72. The molecule has 0 saturated carbocycles. The van der Waals surface area contributed by atoms with E-state index in [2.05, 4.69) is 0 Å². The van der Waals surface area contributed by atoms with Crippen molar-refractivity contribution >= 4 is 58.0 Å². The summed E-state index contributed by atoms with van der Waals surface area (Å²) in [6.07, 6.45) is 0.986. The average Bonchev–Trinajstić information content (AvgIpc) is 2.42. The molecule has 0 atom stereocenters. The second-order valence-corrected chi connectivity index (χ2v) is 6.40. The largest absolute Gasteiger partial charge is 0.505 e. The fraction of sp³-hybridized carbons (Fsp3) is 0.143. The molecule has 0 unspecified atom stereocenters. The van der Waals surface area contributed by atoms with Gasteiger partial charge in [0, 0.05) is 5.02 Å². The number of benzene rings is 2. The quantitative estimate of drug-likeness (QED) is 0.664. The molecule has 21 heavy (non-hydrogen) atoms. The molecule has 2 aromatic rings. The Labute approximate surface area is 146 Å². The molecule has 2 N–H and O–H groups in total. The van der Waals surface area contributed by atoms with Gasteiger partial charge in [-0.05, 0) is 42.2 Å². The maximum Gasteiger partial charge on any atom is 0.153 e. The summed E-state index contributed by atoms with van der Waals surface area (Å²) in [6.45, 7) is 0. The van der Waals surface area contributed by atoms with E-state index in [9.17, 15) is 10.2 Å². The van der Waals surface area contributed by atoms with Gasteiger partial charge in [0.2, 0.25) is 0 Å². The van der Waals surface area contributed by atoms with Crippen molar-refractivity contribution in [2.24, 2.45) is 0 Å². The Hall–Kier alpha value is -0.510. The van der Waals surface area contributed by atoms with Crippen LogP contribution in [0.1, 0.15) is 11.1 Å². The molecule has 0 heterocycles. The Morgan fingerprint density at radius 3 is 1.76 bits per heavy atom. The lowest BCUT2D eigenvalue weighted by Crippen LogP contribution is -1.95. The van der Waals surface area contributed by atoms with Gasteiger partial charge in [0.25, 0.3) is 0 Å². The molecule has 0 aliphatic heterocycles. The number of phenolic OH excluding ortho intramolecular Hbond substituents is 2. The van der Waals surface area contributed by atoms with Crippen molar-refractivity contribution in [1.82, 2.24) is 0 Å². The molecule has 2 aromatic carbocycles. The molecule has 0 saturated heterocycles. The highest BCUT2D eigenvalue weighted by molar-refractivity contribution is 6.41. The molecule has 0 aromatic heterocycles. The van der Waals surface area contributed by atoms with Gasteiger partial charge in [-0.25, -0.2) is 0 Å². The van der Waals surface area contributed by atoms with Crippen LogP contribution in [-0.2, 0) is 12.8 Å². The standard InChI is InChI=1S/C14H9Cl5O2/c15-8-5-11(18)14(21)12(19)7(8)2-1-6-3-9(16)13(20)10(17)4-6/h3-5,20-21H,1-2H2. The minimum absolute atomic E-state index is 0.101.